The Morgan fingerprint density at radius 1 is 1.44 bits per heavy atom. The summed E-state index contributed by atoms with van der Waals surface area (Å²) in [5, 5.41) is 0. The smallest absolute Gasteiger partial charge is 0.250 e. The van der Waals surface area contributed by atoms with Gasteiger partial charge in [-0.3, -0.25) is 0 Å². The number of nitrogens with two attached hydrogens (primary N) is 1. The van der Waals surface area contributed by atoms with Gasteiger partial charge in [-0.05, 0) is 23.8 Å². The summed E-state index contributed by atoms with van der Waals surface area (Å²) in [7, 11) is 1.40. The second-order valence-electron chi connectivity index (χ2n) is 5.83. The van der Waals surface area contributed by atoms with Gasteiger partial charge in [-0.25, -0.2) is 9.37 Å². The molecule has 0 aromatic carbocycles. The van der Waals surface area contributed by atoms with Gasteiger partial charge in [0.25, 0.3) is 0 Å². The third-order valence-corrected chi connectivity index (χ3v) is 3.57. The van der Waals surface area contributed by atoms with Crippen molar-refractivity contribution >= 4 is 0 Å². The standard InChI is InChI=1S/C14H23FN2O/c1-9(14(2,3)4)8-11(16)10-6-7-17-13(18-5)12(10)15/h6-7,9,11H,8,16H2,1-5H3. The average Bonchev–Trinajstić information content (AvgIpc) is 2.27. The Bertz CT molecular complexity index is 401. The van der Waals surface area contributed by atoms with Crippen LogP contribution in [0.25, 0.3) is 0 Å². The molecule has 1 heterocycles. The van der Waals surface area contributed by atoms with E-state index in [0.717, 1.165) is 6.42 Å². The first-order chi connectivity index (χ1) is 8.27. The first kappa shape index (κ1) is 14.9. The van der Waals surface area contributed by atoms with Gasteiger partial charge < -0.3 is 10.5 Å². The summed E-state index contributed by atoms with van der Waals surface area (Å²) >= 11 is 0. The molecule has 2 atom stereocenters. The number of aromatic nitrogens is 1. The van der Waals surface area contributed by atoms with Crippen molar-refractivity contribution in [3.63, 3.8) is 0 Å². The topological polar surface area (TPSA) is 48.1 Å². The molecule has 1 aromatic heterocycles. The number of halogens is 1. The van der Waals surface area contributed by atoms with E-state index in [4.69, 9.17) is 10.5 Å². The van der Waals surface area contributed by atoms with Gasteiger partial charge >= 0.3 is 0 Å². The normalized spacial score (nSPS) is 15.3. The van der Waals surface area contributed by atoms with Gasteiger partial charge in [-0.15, -0.1) is 0 Å². The molecule has 2 unspecified atom stereocenters. The lowest BCUT2D eigenvalue weighted by Crippen LogP contribution is -2.24. The van der Waals surface area contributed by atoms with Crippen molar-refractivity contribution in [2.45, 2.75) is 40.2 Å². The van der Waals surface area contributed by atoms with Crippen molar-refractivity contribution in [2.24, 2.45) is 17.1 Å². The van der Waals surface area contributed by atoms with Crippen LogP contribution in [0.1, 0.15) is 45.7 Å². The Kier molecular flexibility index (Phi) is 4.68. The van der Waals surface area contributed by atoms with Crippen LogP contribution in [-0.4, -0.2) is 12.1 Å². The van der Waals surface area contributed by atoms with Crippen LogP contribution in [0.4, 0.5) is 4.39 Å². The number of nitrogens with zero attached hydrogens (tertiary/aromatic N) is 1. The van der Waals surface area contributed by atoms with Crippen molar-refractivity contribution in [2.75, 3.05) is 7.11 Å². The fraction of sp³-hybridized carbons (Fsp3) is 0.643. The van der Waals surface area contributed by atoms with Crippen molar-refractivity contribution in [3.05, 3.63) is 23.6 Å². The van der Waals surface area contributed by atoms with Gasteiger partial charge in [-0.2, -0.15) is 0 Å². The van der Waals surface area contributed by atoms with Gasteiger partial charge in [-0.1, -0.05) is 27.7 Å². The first-order valence-corrected chi connectivity index (χ1v) is 6.21. The summed E-state index contributed by atoms with van der Waals surface area (Å²) in [4.78, 5) is 3.81. The molecule has 102 valence electrons. The Hall–Kier alpha value is -1.16. The van der Waals surface area contributed by atoms with Crippen LogP contribution in [-0.2, 0) is 0 Å². The monoisotopic (exact) mass is 254 g/mol. The Labute approximate surface area is 109 Å². The lowest BCUT2D eigenvalue weighted by Gasteiger charge is -2.29. The molecule has 1 rings (SSSR count). The SMILES string of the molecule is COc1nccc(C(N)CC(C)C(C)(C)C)c1F. The Morgan fingerprint density at radius 2 is 2.06 bits per heavy atom. The fourth-order valence-corrected chi connectivity index (χ4v) is 1.73. The van der Waals surface area contributed by atoms with Crippen LogP contribution < -0.4 is 10.5 Å². The van der Waals surface area contributed by atoms with E-state index >= 15 is 0 Å². The minimum absolute atomic E-state index is 0.00589. The molecule has 0 aliphatic heterocycles. The van der Waals surface area contributed by atoms with Gasteiger partial charge in [0.15, 0.2) is 5.82 Å². The van der Waals surface area contributed by atoms with E-state index in [9.17, 15) is 4.39 Å². The zero-order valence-electron chi connectivity index (χ0n) is 11.8. The van der Waals surface area contributed by atoms with E-state index in [1.54, 1.807) is 6.07 Å². The minimum Gasteiger partial charge on any atom is -0.479 e. The highest BCUT2D eigenvalue weighted by molar-refractivity contribution is 5.26. The fourth-order valence-electron chi connectivity index (χ4n) is 1.73. The van der Waals surface area contributed by atoms with Crippen LogP contribution in [0, 0.1) is 17.2 Å². The van der Waals surface area contributed by atoms with Crippen LogP contribution in [0.15, 0.2) is 12.3 Å². The molecular weight excluding hydrogens is 231 g/mol. The summed E-state index contributed by atoms with van der Waals surface area (Å²) in [5.41, 5.74) is 6.72. The molecular formula is C14H23FN2O. The molecule has 0 saturated carbocycles. The van der Waals surface area contributed by atoms with Crippen LogP contribution >= 0.6 is 0 Å². The molecule has 18 heavy (non-hydrogen) atoms. The molecule has 0 spiro atoms. The van der Waals surface area contributed by atoms with E-state index in [1.165, 1.54) is 13.3 Å². The summed E-state index contributed by atoms with van der Waals surface area (Å²) in [6.45, 7) is 8.62. The summed E-state index contributed by atoms with van der Waals surface area (Å²) in [6, 6.07) is 1.29. The number of hydrogen-bond acceptors (Lipinski definition) is 3. The lowest BCUT2D eigenvalue weighted by molar-refractivity contribution is 0.232. The zero-order valence-corrected chi connectivity index (χ0v) is 11.8. The molecule has 0 bridgehead atoms. The Morgan fingerprint density at radius 3 is 2.56 bits per heavy atom. The largest absolute Gasteiger partial charge is 0.479 e. The molecule has 0 aliphatic carbocycles. The van der Waals surface area contributed by atoms with E-state index in [2.05, 4.69) is 32.7 Å². The maximum Gasteiger partial charge on any atom is 0.250 e. The van der Waals surface area contributed by atoms with Crippen LogP contribution in [0.2, 0.25) is 0 Å². The quantitative estimate of drug-likeness (QED) is 0.896. The lowest BCUT2D eigenvalue weighted by atomic mass is 9.78. The highest BCUT2D eigenvalue weighted by Crippen LogP contribution is 2.33. The van der Waals surface area contributed by atoms with E-state index < -0.39 is 5.82 Å². The third kappa shape index (κ3) is 3.42. The average molecular weight is 254 g/mol. The van der Waals surface area contributed by atoms with Crippen molar-refractivity contribution in [1.29, 1.82) is 0 Å². The van der Waals surface area contributed by atoms with E-state index in [0.29, 0.717) is 11.5 Å². The van der Waals surface area contributed by atoms with Gasteiger partial charge in [0.2, 0.25) is 5.88 Å². The highest BCUT2D eigenvalue weighted by atomic mass is 19.1. The molecule has 0 aliphatic rings. The number of rotatable bonds is 4. The summed E-state index contributed by atoms with van der Waals surface area (Å²) < 4.78 is 18.9. The predicted octanol–water partition coefficient (Wildman–Crippen LogP) is 3.30. The van der Waals surface area contributed by atoms with Crippen molar-refractivity contribution in [3.8, 4) is 5.88 Å². The molecule has 0 radical (unpaired) electrons. The maximum absolute atomic E-state index is 14.0. The molecule has 0 amide bonds. The summed E-state index contributed by atoms with van der Waals surface area (Å²) in [5.74, 6) is -0.0500. The third-order valence-electron chi connectivity index (χ3n) is 3.57. The molecule has 4 heteroatoms. The van der Waals surface area contributed by atoms with Crippen LogP contribution in [0.5, 0.6) is 5.88 Å². The summed E-state index contributed by atoms with van der Waals surface area (Å²) in [6.07, 6.45) is 2.26. The molecule has 0 saturated heterocycles. The molecule has 2 N–H and O–H groups in total. The van der Waals surface area contributed by atoms with Gasteiger partial charge in [0.1, 0.15) is 0 Å². The molecule has 3 nitrogen and oxygen atoms in total. The van der Waals surface area contributed by atoms with E-state index in [-0.39, 0.29) is 17.3 Å². The highest BCUT2D eigenvalue weighted by Gasteiger charge is 2.24. The Balaban J connectivity index is 2.88. The van der Waals surface area contributed by atoms with Gasteiger partial charge in [0, 0.05) is 17.8 Å². The number of hydrogen-bond donors (Lipinski definition) is 1. The van der Waals surface area contributed by atoms with E-state index in [1.807, 2.05) is 0 Å². The van der Waals surface area contributed by atoms with Crippen molar-refractivity contribution in [1.82, 2.24) is 4.98 Å². The number of ether oxygens (including phenoxy) is 1. The second kappa shape index (κ2) is 5.65. The van der Waals surface area contributed by atoms with Gasteiger partial charge in [0.05, 0.1) is 7.11 Å². The zero-order chi connectivity index (χ0) is 13.9. The predicted molar refractivity (Wildman–Crippen MR) is 70.9 cm³/mol. The second-order valence-corrected chi connectivity index (χ2v) is 5.83. The minimum atomic E-state index is -0.450. The first-order valence-electron chi connectivity index (χ1n) is 6.21. The molecule has 1 aromatic rings. The number of methoxy groups -OCH3 is 1. The van der Waals surface area contributed by atoms with Crippen LogP contribution in [0.3, 0.4) is 0 Å². The maximum atomic E-state index is 14.0. The number of pyridine rings is 1. The molecule has 0 fully saturated rings. The van der Waals surface area contributed by atoms with Crippen molar-refractivity contribution < 1.29 is 9.13 Å².